The highest BCUT2D eigenvalue weighted by Gasteiger charge is 2.10. The first-order valence-corrected chi connectivity index (χ1v) is 8.39. The number of aryl methyl sites for hydroxylation is 1. The number of amides is 2. The van der Waals surface area contributed by atoms with Gasteiger partial charge in [0.1, 0.15) is 5.76 Å². The van der Waals surface area contributed by atoms with Crippen molar-refractivity contribution in [3.8, 4) is 0 Å². The molecule has 0 fully saturated rings. The number of furan rings is 1. The van der Waals surface area contributed by atoms with Crippen molar-refractivity contribution in [1.29, 1.82) is 0 Å². The van der Waals surface area contributed by atoms with Gasteiger partial charge in [0.05, 0.1) is 12.0 Å². The Bertz CT molecular complexity index is 874. The van der Waals surface area contributed by atoms with Gasteiger partial charge in [0.15, 0.2) is 11.6 Å². The predicted octanol–water partition coefficient (Wildman–Crippen LogP) is 3.56. The van der Waals surface area contributed by atoms with Gasteiger partial charge >= 0.3 is 0 Å². The molecular formula is C17H15N3O4S. The fourth-order valence-electron chi connectivity index (χ4n) is 2.02. The van der Waals surface area contributed by atoms with Crippen LogP contribution in [0.15, 0.2) is 62.6 Å². The zero-order valence-electron chi connectivity index (χ0n) is 13.3. The Balaban J connectivity index is 1.54. The summed E-state index contributed by atoms with van der Waals surface area (Å²) in [5, 5.41) is 9.11. The molecule has 3 rings (SSSR count). The van der Waals surface area contributed by atoms with E-state index in [0.717, 1.165) is 4.90 Å². The van der Waals surface area contributed by atoms with Gasteiger partial charge in [-0.25, -0.2) is 0 Å². The van der Waals surface area contributed by atoms with Gasteiger partial charge in [-0.05, 0) is 37.3 Å². The number of thioether (sulfide) groups is 1. The van der Waals surface area contributed by atoms with Gasteiger partial charge in [-0.15, -0.1) is 11.8 Å². The topological polar surface area (TPSA) is 97.4 Å². The normalized spacial score (nSPS) is 10.4. The number of hydrogen-bond acceptors (Lipinski definition) is 6. The van der Waals surface area contributed by atoms with Gasteiger partial charge in [0, 0.05) is 16.6 Å². The fourth-order valence-corrected chi connectivity index (χ4v) is 2.77. The van der Waals surface area contributed by atoms with Crippen LogP contribution in [0.25, 0.3) is 0 Å². The van der Waals surface area contributed by atoms with Gasteiger partial charge in [0.25, 0.3) is 5.91 Å². The van der Waals surface area contributed by atoms with E-state index >= 15 is 0 Å². The van der Waals surface area contributed by atoms with Crippen LogP contribution in [0.5, 0.6) is 0 Å². The Kier molecular flexibility index (Phi) is 5.20. The predicted molar refractivity (Wildman–Crippen MR) is 93.7 cm³/mol. The van der Waals surface area contributed by atoms with E-state index in [1.54, 1.807) is 43.3 Å². The second kappa shape index (κ2) is 7.71. The van der Waals surface area contributed by atoms with Crippen molar-refractivity contribution in [3.05, 3.63) is 60.2 Å². The maximum atomic E-state index is 12.0. The van der Waals surface area contributed by atoms with E-state index in [4.69, 9.17) is 8.94 Å². The van der Waals surface area contributed by atoms with E-state index < -0.39 is 0 Å². The van der Waals surface area contributed by atoms with E-state index in [1.807, 2.05) is 6.07 Å². The maximum Gasteiger partial charge on any atom is 0.291 e. The Morgan fingerprint density at radius 2 is 2.04 bits per heavy atom. The lowest BCUT2D eigenvalue weighted by atomic mass is 10.3. The number of nitrogens with zero attached hydrogens (tertiary/aromatic N) is 1. The molecule has 0 unspecified atom stereocenters. The molecule has 2 N–H and O–H groups in total. The third kappa shape index (κ3) is 4.74. The number of carbonyl (C=O) groups is 2. The zero-order valence-corrected chi connectivity index (χ0v) is 14.1. The van der Waals surface area contributed by atoms with Crippen LogP contribution in [0.3, 0.4) is 0 Å². The molecule has 0 bridgehead atoms. The molecule has 0 saturated carbocycles. The second-order valence-corrected chi connectivity index (χ2v) is 6.17. The van der Waals surface area contributed by atoms with Crippen LogP contribution in [-0.4, -0.2) is 22.7 Å². The Morgan fingerprint density at radius 1 is 1.16 bits per heavy atom. The van der Waals surface area contributed by atoms with Crippen molar-refractivity contribution in [2.45, 2.75) is 11.8 Å². The first-order valence-electron chi connectivity index (χ1n) is 7.41. The third-order valence-corrected chi connectivity index (χ3v) is 4.10. The van der Waals surface area contributed by atoms with Crippen LogP contribution in [0, 0.1) is 6.92 Å². The third-order valence-electron chi connectivity index (χ3n) is 3.10. The average Bonchev–Trinajstić information content (AvgIpc) is 3.25. The quantitative estimate of drug-likeness (QED) is 0.655. The minimum absolute atomic E-state index is 0.191. The molecule has 0 aliphatic heterocycles. The summed E-state index contributed by atoms with van der Waals surface area (Å²) in [5.74, 6) is 0.946. The molecule has 0 radical (unpaired) electrons. The van der Waals surface area contributed by atoms with Crippen LogP contribution in [0.2, 0.25) is 0 Å². The molecule has 3 aromatic rings. The lowest BCUT2D eigenvalue weighted by Crippen LogP contribution is -2.14. The first kappa shape index (κ1) is 16.8. The highest BCUT2D eigenvalue weighted by Crippen LogP contribution is 2.22. The van der Waals surface area contributed by atoms with Crippen molar-refractivity contribution in [3.63, 3.8) is 0 Å². The standard InChI is InChI=1S/C17H15N3O4S/c1-11-8-15(20-24-11)19-16(21)10-25-13-5-2-4-12(9-13)18-17(22)14-6-3-7-23-14/h2-9H,10H2,1H3,(H,18,22)(H,19,20,21). The Hall–Kier alpha value is -3.00. The maximum absolute atomic E-state index is 12.0. The molecule has 2 aromatic heterocycles. The molecule has 128 valence electrons. The molecule has 8 heteroatoms. The average molecular weight is 357 g/mol. The minimum Gasteiger partial charge on any atom is -0.459 e. The number of carbonyl (C=O) groups excluding carboxylic acids is 2. The molecule has 25 heavy (non-hydrogen) atoms. The summed E-state index contributed by atoms with van der Waals surface area (Å²) in [6.45, 7) is 1.75. The van der Waals surface area contributed by atoms with Crippen LogP contribution >= 0.6 is 11.8 Å². The van der Waals surface area contributed by atoms with Gasteiger partial charge in [-0.2, -0.15) is 0 Å². The van der Waals surface area contributed by atoms with Crippen LogP contribution < -0.4 is 10.6 Å². The fraction of sp³-hybridized carbons (Fsp3) is 0.118. The molecular weight excluding hydrogens is 342 g/mol. The van der Waals surface area contributed by atoms with Crippen molar-refractivity contribution >= 4 is 35.1 Å². The number of nitrogens with one attached hydrogen (secondary N) is 2. The molecule has 1 aromatic carbocycles. The monoisotopic (exact) mass is 357 g/mol. The number of anilines is 2. The van der Waals surface area contributed by atoms with Crippen molar-refractivity contribution in [2.75, 3.05) is 16.4 Å². The first-order chi connectivity index (χ1) is 12.1. The number of hydrogen-bond donors (Lipinski definition) is 2. The lowest BCUT2D eigenvalue weighted by Gasteiger charge is -2.06. The molecule has 0 atom stereocenters. The highest BCUT2D eigenvalue weighted by molar-refractivity contribution is 8.00. The molecule has 2 amide bonds. The molecule has 0 spiro atoms. The smallest absolute Gasteiger partial charge is 0.291 e. The number of benzene rings is 1. The minimum atomic E-state index is -0.328. The number of rotatable bonds is 6. The summed E-state index contributed by atoms with van der Waals surface area (Å²) in [4.78, 5) is 24.7. The summed E-state index contributed by atoms with van der Waals surface area (Å²) in [5.41, 5.74) is 0.624. The summed E-state index contributed by atoms with van der Waals surface area (Å²) >= 11 is 1.35. The Morgan fingerprint density at radius 3 is 2.76 bits per heavy atom. The van der Waals surface area contributed by atoms with Crippen molar-refractivity contribution in [2.24, 2.45) is 0 Å². The zero-order chi connectivity index (χ0) is 17.6. The number of aromatic nitrogens is 1. The largest absolute Gasteiger partial charge is 0.459 e. The second-order valence-electron chi connectivity index (χ2n) is 5.12. The molecule has 0 aliphatic rings. The van der Waals surface area contributed by atoms with E-state index in [2.05, 4.69) is 15.8 Å². The molecule has 0 saturated heterocycles. The van der Waals surface area contributed by atoms with Crippen LogP contribution in [0.1, 0.15) is 16.3 Å². The highest BCUT2D eigenvalue weighted by atomic mass is 32.2. The van der Waals surface area contributed by atoms with E-state index in [0.29, 0.717) is 17.3 Å². The van der Waals surface area contributed by atoms with Crippen molar-refractivity contribution < 1.29 is 18.5 Å². The van der Waals surface area contributed by atoms with Crippen molar-refractivity contribution in [1.82, 2.24) is 5.16 Å². The van der Waals surface area contributed by atoms with Gasteiger partial charge in [-0.1, -0.05) is 11.2 Å². The van der Waals surface area contributed by atoms with Gasteiger partial charge in [0.2, 0.25) is 5.91 Å². The molecule has 7 nitrogen and oxygen atoms in total. The summed E-state index contributed by atoms with van der Waals surface area (Å²) in [6.07, 6.45) is 1.44. The van der Waals surface area contributed by atoms with E-state index in [1.165, 1.54) is 18.0 Å². The Labute approximate surface area is 147 Å². The van der Waals surface area contributed by atoms with Gasteiger partial charge in [-0.3, -0.25) is 9.59 Å². The summed E-state index contributed by atoms with van der Waals surface area (Å²) in [6, 6.07) is 12.1. The van der Waals surface area contributed by atoms with E-state index in [9.17, 15) is 9.59 Å². The molecule has 2 heterocycles. The van der Waals surface area contributed by atoms with Gasteiger partial charge < -0.3 is 19.6 Å². The summed E-state index contributed by atoms with van der Waals surface area (Å²) < 4.78 is 9.94. The van der Waals surface area contributed by atoms with Crippen LogP contribution in [-0.2, 0) is 4.79 Å². The molecule has 0 aliphatic carbocycles. The van der Waals surface area contributed by atoms with Crippen LogP contribution in [0.4, 0.5) is 11.5 Å². The SMILES string of the molecule is Cc1cc(NC(=O)CSc2cccc(NC(=O)c3ccco3)c2)no1. The lowest BCUT2D eigenvalue weighted by molar-refractivity contribution is -0.113. The summed E-state index contributed by atoms with van der Waals surface area (Å²) in [7, 11) is 0. The van der Waals surface area contributed by atoms with E-state index in [-0.39, 0.29) is 23.3 Å².